The van der Waals surface area contributed by atoms with Gasteiger partial charge in [-0.15, -0.1) is 0 Å². The second kappa shape index (κ2) is 5.32. The first-order valence-corrected chi connectivity index (χ1v) is 5.95. The predicted molar refractivity (Wildman–Crippen MR) is 57.3 cm³/mol. The van der Waals surface area contributed by atoms with E-state index in [4.69, 9.17) is 9.29 Å². The lowest BCUT2D eigenvalue weighted by Crippen LogP contribution is -2.22. The third-order valence-corrected chi connectivity index (χ3v) is 3.24. The maximum atomic E-state index is 11.0. The van der Waals surface area contributed by atoms with Gasteiger partial charge in [0.25, 0.3) is 0 Å². The Hall–Kier alpha value is -0.610. The molecule has 0 saturated heterocycles. The quantitative estimate of drug-likeness (QED) is 0.579. The monoisotopic (exact) mass is 216 g/mol. The molecule has 0 aromatic rings. The summed E-state index contributed by atoms with van der Waals surface area (Å²) in [6.45, 7) is 6.18. The SMILES string of the molecule is C=C(OCC)C1=CCCCC1S(=O)O. The predicted octanol–water partition coefficient (Wildman–Crippen LogP) is 2.24. The fraction of sp³-hybridized carbons (Fsp3) is 0.600. The van der Waals surface area contributed by atoms with Gasteiger partial charge in [0.05, 0.1) is 11.9 Å². The number of ether oxygens (including phenoxy) is 1. The average molecular weight is 216 g/mol. The number of hydrogen-bond acceptors (Lipinski definition) is 2. The summed E-state index contributed by atoms with van der Waals surface area (Å²) in [6, 6.07) is 0. The second-order valence-electron chi connectivity index (χ2n) is 3.21. The highest BCUT2D eigenvalue weighted by atomic mass is 32.2. The molecule has 2 unspecified atom stereocenters. The van der Waals surface area contributed by atoms with E-state index in [0.717, 1.165) is 24.8 Å². The number of hydrogen-bond donors (Lipinski definition) is 1. The van der Waals surface area contributed by atoms with Gasteiger partial charge in [0.1, 0.15) is 5.76 Å². The molecule has 1 N–H and O–H groups in total. The summed E-state index contributed by atoms with van der Waals surface area (Å²) in [6.07, 6.45) is 4.59. The van der Waals surface area contributed by atoms with Crippen LogP contribution in [0.5, 0.6) is 0 Å². The third-order valence-electron chi connectivity index (χ3n) is 2.27. The summed E-state index contributed by atoms with van der Waals surface area (Å²) >= 11 is -1.82. The molecule has 1 rings (SSSR count). The van der Waals surface area contributed by atoms with Gasteiger partial charge in [-0.25, -0.2) is 4.21 Å². The van der Waals surface area contributed by atoms with E-state index in [2.05, 4.69) is 6.58 Å². The number of allylic oxidation sites excluding steroid dienone is 2. The van der Waals surface area contributed by atoms with Gasteiger partial charge >= 0.3 is 0 Å². The Morgan fingerprint density at radius 1 is 1.86 bits per heavy atom. The van der Waals surface area contributed by atoms with E-state index >= 15 is 0 Å². The molecule has 0 bridgehead atoms. The lowest BCUT2D eigenvalue weighted by atomic mass is 9.98. The highest BCUT2D eigenvalue weighted by Gasteiger charge is 2.25. The molecule has 0 amide bonds. The first-order chi connectivity index (χ1) is 6.66. The molecule has 80 valence electrons. The highest BCUT2D eigenvalue weighted by Crippen LogP contribution is 2.27. The summed E-state index contributed by atoms with van der Waals surface area (Å²) in [7, 11) is 0. The normalized spacial score (nSPS) is 23.9. The maximum Gasteiger partial charge on any atom is 0.160 e. The van der Waals surface area contributed by atoms with Crippen molar-refractivity contribution in [3.05, 3.63) is 24.0 Å². The molecule has 4 heteroatoms. The largest absolute Gasteiger partial charge is 0.494 e. The molecular weight excluding hydrogens is 200 g/mol. The van der Waals surface area contributed by atoms with Crippen molar-refractivity contribution in [1.82, 2.24) is 0 Å². The van der Waals surface area contributed by atoms with Gasteiger partial charge in [-0.3, -0.25) is 0 Å². The van der Waals surface area contributed by atoms with Crippen LogP contribution in [0, 0.1) is 0 Å². The molecule has 0 spiro atoms. The highest BCUT2D eigenvalue weighted by molar-refractivity contribution is 7.80. The van der Waals surface area contributed by atoms with Gasteiger partial charge in [0.2, 0.25) is 0 Å². The first kappa shape index (κ1) is 11.5. The maximum absolute atomic E-state index is 11.0. The Balaban J connectivity index is 2.76. The van der Waals surface area contributed by atoms with E-state index in [9.17, 15) is 4.21 Å². The van der Waals surface area contributed by atoms with Crippen molar-refractivity contribution >= 4 is 11.1 Å². The van der Waals surface area contributed by atoms with E-state index in [1.54, 1.807) is 0 Å². The summed E-state index contributed by atoms with van der Waals surface area (Å²) in [4.78, 5) is 0. The standard InChI is InChI=1S/C10H16O3S/c1-3-13-8(2)9-6-4-5-7-10(9)14(11)12/h6,10H,2-5,7H2,1H3,(H,11,12). The molecular formula is C10H16O3S. The van der Waals surface area contributed by atoms with Crippen molar-refractivity contribution in [1.29, 1.82) is 0 Å². The Morgan fingerprint density at radius 2 is 2.57 bits per heavy atom. The van der Waals surface area contributed by atoms with Crippen molar-refractivity contribution in [2.75, 3.05) is 6.61 Å². The minimum Gasteiger partial charge on any atom is -0.494 e. The summed E-state index contributed by atoms with van der Waals surface area (Å²) in [5, 5.41) is -0.317. The molecule has 0 aromatic heterocycles. The van der Waals surface area contributed by atoms with Crippen molar-refractivity contribution in [3.63, 3.8) is 0 Å². The minimum absolute atomic E-state index is 0.317. The molecule has 0 aromatic carbocycles. The van der Waals surface area contributed by atoms with Crippen LogP contribution in [0.25, 0.3) is 0 Å². The van der Waals surface area contributed by atoms with E-state index in [0.29, 0.717) is 12.4 Å². The molecule has 0 saturated carbocycles. The minimum atomic E-state index is -1.82. The zero-order valence-electron chi connectivity index (χ0n) is 8.36. The van der Waals surface area contributed by atoms with Crippen molar-refractivity contribution in [2.45, 2.75) is 31.4 Å². The fourth-order valence-corrected chi connectivity index (χ4v) is 2.42. The number of rotatable bonds is 4. The first-order valence-electron chi connectivity index (χ1n) is 4.78. The lowest BCUT2D eigenvalue weighted by Gasteiger charge is -2.22. The van der Waals surface area contributed by atoms with Gasteiger partial charge in [0, 0.05) is 5.57 Å². The van der Waals surface area contributed by atoms with Gasteiger partial charge in [-0.05, 0) is 26.2 Å². The van der Waals surface area contributed by atoms with Crippen molar-refractivity contribution in [3.8, 4) is 0 Å². The van der Waals surface area contributed by atoms with Crippen LogP contribution in [-0.2, 0) is 15.8 Å². The summed E-state index contributed by atoms with van der Waals surface area (Å²) in [5.74, 6) is 0.541. The Morgan fingerprint density at radius 3 is 3.14 bits per heavy atom. The van der Waals surface area contributed by atoms with Crippen LogP contribution in [0.3, 0.4) is 0 Å². The zero-order valence-corrected chi connectivity index (χ0v) is 9.18. The topological polar surface area (TPSA) is 46.5 Å². The van der Waals surface area contributed by atoms with Crippen LogP contribution in [0.2, 0.25) is 0 Å². The van der Waals surface area contributed by atoms with Crippen LogP contribution in [0.1, 0.15) is 26.2 Å². The average Bonchev–Trinajstić information content (AvgIpc) is 2.18. The van der Waals surface area contributed by atoms with Crippen molar-refractivity contribution in [2.24, 2.45) is 0 Å². The molecule has 0 fully saturated rings. The molecule has 1 aliphatic rings. The van der Waals surface area contributed by atoms with Gasteiger partial charge in [-0.2, -0.15) is 0 Å². The molecule has 14 heavy (non-hydrogen) atoms. The van der Waals surface area contributed by atoms with E-state index in [-0.39, 0.29) is 5.25 Å². The third kappa shape index (κ3) is 2.69. The molecule has 0 heterocycles. The lowest BCUT2D eigenvalue weighted by molar-refractivity contribution is 0.236. The van der Waals surface area contributed by atoms with E-state index < -0.39 is 11.1 Å². The summed E-state index contributed by atoms with van der Waals surface area (Å²) < 4.78 is 25.4. The smallest absolute Gasteiger partial charge is 0.160 e. The van der Waals surface area contributed by atoms with Crippen molar-refractivity contribution < 1.29 is 13.5 Å². The molecule has 1 aliphatic carbocycles. The van der Waals surface area contributed by atoms with E-state index in [1.165, 1.54) is 0 Å². The molecule has 3 nitrogen and oxygen atoms in total. The van der Waals surface area contributed by atoms with Gasteiger partial charge in [0.15, 0.2) is 11.1 Å². The molecule has 0 radical (unpaired) electrons. The van der Waals surface area contributed by atoms with Crippen LogP contribution in [-0.4, -0.2) is 20.6 Å². The Labute approximate surface area is 87.1 Å². The van der Waals surface area contributed by atoms with Crippen LogP contribution >= 0.6 is 0 Å². The Kier molecular flexibility index (Phi) is 4.35. The van der Waals surface area contributed by atoms with Crippen LogP contribution in [0.15, 0.2) is 24.0 Å². The van der Waals surface area contributed by atoms with Crippen LogP contribution in [0.4, 0.5) is 0 Å². The van der Waals surface area contributed by atoms with Gasteiger partial charge in [-0.1, -0.05) is 12.7 Å². The molecule has 2 atom stereocenters. The van der Waals surface area contributed by atoms with Gasteiger partial charge < -0.3 is 9.29 Å². The Bertz CT molecular complexity index is 271. The fourth-order valence-electron chi connectivity index (χ4n) is 1.61. The summed E-state index contributed by atoms with van der Waals surface area (Å²) in [5.41, 5.74) is 0.805. The van der Waals surface area contributed by atoms with E-state index in [1.807, 2.05) is 13.0 Å². The second-order valence-corrected chi connectivity index (χ2v) is 4.33. The van der Waals surface area contributed by atoms with Crippen LogP contribution < -0.4 is 0 Å². The zero-order chi connectivity index (χ0) is 10.6. The molecule has 0 aliphatic heterocycles.